The van der Waals surface area contributed by atoms with Crippen LogP contribution in [0.2, 0.25) is 0 Å². The van der Waals surface area contributed by atoms with E-state index in [4.69, 9.17) is 4.74 Å². The van der Waals surface area contributed by atoms with Crippen LogP contribution in [0.5, 0.6) is 5.75 Å². The Bertz CT molecular complexity index is 599. The number of amides is 2. The summed E-state index contributed by atoms with van der Waals surface area (Å²) in [5.74, 6) is 0.803. The lowest BCUT2D eigenvalue weighted by molar-refractivity contribution is 0.251. The van der Waals surface area contributed by atoms with Crippen LogP contribution in [0.1, 0.15) is 5.56 Å². The van der Waals surface area contributed by atoms with Crippen LogP contribution in [0.15, 0.2) is 53.4 Å². The molecule has 0 aromatic heterocycles. The molecule has 2 aromatic carbocycles. The van der Waals surface area contributed by atoms with Crippen molar-refractivity contribution in [3.63, 3.8) is 0 Å². The second kappa shape index (κ2) is 7.59. The summed E-state index contributed by atoms with van der Waals surface area (Å²) < 4.78 is 5.10. The van der Waals surface area contributed by atoms with Gasteiger partial charge < -0.3 is 15.4 Å². The summed E-state index contributed by atoms with van der Waals surface area (Å²) in [6.07, 6.45) is 1.98. The lowest BCUT2D eigenvalue weighted by atomic mass is 10.2. The first-order valence-electron chi connectivity index (χ1n) is 6.53. The third-order valence-electron chi connectivity index (χ3n) is 2.97. The van der Waals surface area contributed by atoms with Crippen LogP contribution in [0, 0.1) is 0 Å². The lowest BCUT2D eigenvalue weighted by Crippen LogP contribution is -2.28. The molecule has 0 aliphatic carbocycles. The second-order valence-corrected chi connectivity index (χ2v) is 5.20. The first-order valence-corrected chi connectivity index (χ1v) is 7.76. The van der Waals surface area contributed by atoms with E-state index in [2.05, 4.69) is 10.6 Å². The van der Waals surface area contributed by atoms with Crippen LogP contribution in [0.4, 0.5) is 10.5 Å². The van der Waals surface area contributed by atoms with Gasteiger partial charge in [-0.25, -0.2) is 4.79 Å². The minimum Gasteiger partial charge on any atom is -0.497 e. The number of hydrogen-bond donors (Lipinski definition) is 2. The highest BCUT2D eigenvalue weighted by atomic mass is 32.2. The first kappa shape index (κ1) is 15.3. The predicted molar refractivity (Wildman–Crippen MR) is 87.1 cm³/mol. The molecule has 4 nitrogen and oxygen atoms in total. The van der Waals surface area contributed by atoms with E-state index in [1.54, 1.807) is 18.9 Å². The van der Waals surface area contributed by atoms with E-state index in [1.165, 1.54) is 0 Å². The van der Waals surface area contributed by atoms with Crippen LogP contribution in [0.25, 0.3) is 0 Å². The zero-order valence-corrected chi connectivity index (χ0v) is 12.9. The summed E-state index contributed by atoms with van der Waals surface area (Å²) in [4.78, 5) is 13.0. The van der Waals surface area contributed by atoms with E-state index >= 15 is 0 Å². The van der Waals surface area contributed by atoms with Gasteiger partial charge in [0.25, 0.3) is 0 Å². The van der Waals surface area contributed by atoms with E-state index in [0.717, 1.165) is 21.9 Å². The molecule has 0 bridgehead atoms. The Morgan fingerprint density at radius 3 is 2.52 bits per heavy atom. The SMILES string of the molecule is COc1ccc(CNC(=O)Nc2ccccc2SC)cc1. The molecule has 0 radical (unpaired) electrons. The fourth-order valence-corrected chi connectivity index (χ4v) is 2.39. The third-order valence-corrected chi connectivity index (χ3v) is 3.76. The van der Waals surface area contributed by atoms with Crippen molar-refractivity contribution >= 4 is 23.5 Å². The number of methoxy groups -OCH3 is 1. The van der Waals surface area contributed by atoms with Gasteiger partial charge in [-0.15, -0.1) is 11.8 Å². The smallest absolute Gasteiger partial charge is 0.319 e. The Balaban J connectivity index is 1.89. The van der Waals surface area contributed by atoms with Crippen molar-refractivity contribution in [3.05, 3.63) is 54.1 Å². The molecule has 2 rings (SSSR count). The maximum atomic E-state index is 11.9. The molecule has 0 saturated heterocycles. The molecule has 110 valence electrons. The average molecular weight is 302 g/mol. The minimum atomic E-state index is -0.215. The van der Waals surface area contributed by atoms with Crippen LogP contribution in [0.3, 0.4) is 0 Å². The Kier molecular flexibility index (Phi) is 5.51. The summed E-state index contributed by atoms with van der Waals surface area (Å²) in [6, 6.07) is 15.1. The number of carbonyl (C=O) groups excluding carboxylic acids is 1. The topological polar surface area (TPSA) is 50.4 Å². The molecule has 0 aliphatic heterocycles. The first-order chi connectivity index (χ1) is 10.2. The van der Waals surface area contributed by atoms with Crippen LogP contribution in [-0.4, -0.2) is 19.4 Å². The highest BCUT2D eigenvalue weighted by Gasteiger charge is 2.05. The standard InChI is InChI=1S/C16H18N2O2S/c1-20-13-9-7-12(8-10-13)11-17-16(19)18-14-5-3-4-6-15(14)21-2/h3-10H,11H2,1-2H3,(H2,17,18,19). The molecule has 2 amide bonds. The van der Waals surface area contributed by atoms with Gasteiger partial charge in [-0.2, -0.15) is 0 Å². The van der Waals surface area contributed by atoms with Gasteiger partial charge in [0.15, 0.2) is 0 Å². The van der Waals surface area contributed by atoms with Crippen molar-refractivity contribution in [1.29, 1.82) is 0 Å². The number of nitrogens with one attached hydrogen (secondary N) is 2. The van der Waals surface area contributed by atoms with Crippen LogP contribution < -0.4 is 15.4 Å². The number of benzene rings is 2. The molecule has 2 N–H and O–H groups in total. The number of ether oxygens (including phenoxy) is 1. The maximum Gasteiger partial charge on any atom is 0.319 e. The lowest BCUT2D eigenvalue weighted by Gasteiger charge is -2.10. The number of anilines is 1. The number of thioether (sulfide) groups is 1. The van der Waals surface area contributed by atoms with Gasteiger partial charge in [0.1, 0.15) is 5.75 Å². The molecule has 5 heteroatoms. The van der Waals surface area contributed by atoms with Gasteiger partial charge in [0.05, 0.1) is 12.8 Å². The van der Waals surface area contributed by atoms with Crippen molar-refractivity contribution in [3.8, 4) is 5.75 Å². The highest BCUT2D eigenvalue weighted by molar-refractivity contribution is 7.98. The molecule has 2 aromatic rings. The van der Waals surface area contributed by atoms with Crippen molar-refractivity contribution in [2.45, 2.75) is 11.4 Å². The van der Waals surface area contributed by atoms with Gasteiger partial charge >= 0.3 is 6.03 Å². The Morgan fingerprint density at radius 1 is 1.14 bits per heavy atom. The van der Waals surface area contributed by atoms with Crippen molar-refractivity contribution in [1.82, 2.24) is 5.32 Å². The minimum absolute atomic E-state index is 0.215. The summed E-state index contributed by atoms with van der Waals surface area (Å²) in [7, 11) is 1.63. The van der Waals surface area contributed by atoms with Gasteiger partial charge in [0.2, 0.25) is 0 Å². The molecule has 0 heterocycles. The third kappa shape index (κ3) is 4.43. The van der Waals surface area contributed by atoms with E-state index in [0.29, 0.717) is 6.54 Å². The molecule has 21 heavy (non-hydrogen) atoms. The summed E-state index contributed by atoms with van der Waals surface area (Å²) >= 11 is 1.60. The summed E-state index contributed by atoms with van der Waals surface area (Å²) in [5.41, 5.74) is 1.83. The maximum absolute atomic E-state index is 11.9. The van der Waals surface area contributed by atoms with E-state index in [9.17, 15) is 4.79 Å². The number of para-hydroxylation sites is 1. The van der Waals surface area contributed by atoms with E-state index in [1.807, 2.05) is 54.8 Å². The van der Waals surface area contributed by atoms with Crippen molar-refractivity contribution < 1.29 is 9.53 Å². The van der Waals surface area contributed by atoms with Crippen molar-refractivity contribution in [2.24, 2.45) is 0 Å². The molecule has 0 aliphatic rings. The van der Waals surface area contributed by atoms with Gasteiger partial charge in [-0.1, -0.05) is 24.3 Å². The molecular formula is C16H18N2O2S. The molecular weight excluding hydrogens is 284 g/mol. The molecule has 0 fully saturated rings. The Morgan fingerprint density at radius 2 is 1.86 bits per heavy atom. The highest BCUT2D eigenvalue weighted by Crippen LogP contribution is 2.24. The second-order valence-electron chi connectivity index (χ2n) is 4.36. The summed E-state index contributed by atoms with van der Waals surface area (Å²) in [5, 5.41) is 5.69. The van der Waals surface area contributed by atoms with E-state index < -0.39 is 0 Å². The van der Waals surface area contributed by atoms with Gasteiger partial charge in [-0.3, -0.25) is 0 Å². The largest absolute Gasteiger partial charge is 0.497 e. The number of rotatable bonds is 5. The predicted octanol–water partition coefficient (Wildman–Crippen LogP) is 3.74. The Labute approximate surface area is 128 Å². The Hall–Kier alpha value is -2.14. The zero-order valence-electron chi connectivity index (χ0n) is 12.1. The quantitative estimate of drug-likeness (QED) is 0.827. The van der Waals surface area contributed by atoms with Crippen LogP contribution >= 0.6 is 11.8 Å². The molecule has 0 saturated carbocycles. The molecule has 0 spiro atoms. The van der Waals surface area contributed by atoms with Crippen LogP contribution in [-0.2, 0) is 6.54 Å². The normalized spacial score (nSPS) is 10.0. The summed E-state index contributed by atoms with van der Waals surface area (Å²) in [6.45, 7) is 0.470. The van der Waals surface area contributed by atoms with Crippen molar-refractivity contribution in [2.75, 3.05) is 18.7 Å². The average Bonchev–Trinajstić information content (AvgIpc) is 2.54. The number of carbonyl (C=O) groups is 1. The zero-order chi connectivity index (χ0) is 15.1. The van der Waals surface area contributed by atoms with Gasteiger partial charge in [0, 0.05) is 11.4 Å². The molecule has 0 atom stereocenters. The fourth-order valence-electron chi connectivity index (χ4n) is 1.84. The van der Waals surface area contributed by atoms with Gasteiger partial charge in [-0.05, 0) is 36.1 Å². The number of urea groups is 1. The monoisotopic (exact) mass is 302 g/mol. The van der Waals surface area contributed by atoms with E-state index in [-0.39, 0.29) is 6.03 Å². The molecule has 0 unspecified atom stereocenters. The fraction of sp³-hybridized carbons (Fsp3) is 0.188. The number of hydrogen-bond acceptors (Lipinski definition) is 3.